The molecule has 1 aliphatic heterocycles. The SMILES string of the molecule is CC(C)(C)S(=O)(=O)CC(C1CC1)N1C(=O)[C@@H](CC(=O)O)O[C@H](c2cccc(Cl)c2)C1c1ccc(Cl)cc1. The van der Waals surface area contributed by atoms with Gasteiger partial charge in [0.15, 0.2) is 9.84 Å². The summed E-state index contributed by atoms with van der Waals surface area (Å²) in [5, 5.41) is 10.5. The minimum Gasteiger partial charge on any atom is -0.481 e. The molecular weight excluding hydrogens is 537 g/mol. The minimum atomic E-state index is -3.61. The number of nitrogens with zero attached hydrogens (tertiary/aromatic N) is 1. The van der Waals surface area contributed by atoms with E-state index in [-0.39, 0.29) is 11.7 Å². The van der Waals surface area contributed by atoms with Gasteiger partial charge >= 0.3 is 5.97 Å². The maximum absolute atomic E-state index is 14.0. The van der Waals surface area contributed by atoms with Crippen molar-refractivity contribution in [1.29, 1.82) is 0 Å². The fourth-order valence-corrected chi connectivity index (χ4v) is 6.47. The molecule has 0 spiro atoms. The van der Waals surface area contributed by atoms with Crippen LogP contribution in [0.15, 0.2) is 48.5 Å². The van der Waals surface area contributed by atoms with E-state index in [0.29, 0.717) is 21.2 Å². The van der Waals surface area contributed by atoms with Gasteiger partial charge in [-0.2, -0.15) is 0 Å². The molecule has 2 unspecified atom stereocenters. The number of carbonyl (C=O) groups is 2. The number of hydrogen-bond donors (Lipinski definition) is 1. The van der Waals surface area contributed by atoms with Gasteiger partial charge < -0.3 is 14.7 Å². The van der Waals surface area contributed by atoms with Gasteiger partial charge in [0.25, 0.3) is 5.91 Å². The Labute approximate surface area is 227 Å². The van der Waals surface area contributed by atoms with Gasteiger partial charge in [-0.25, -0.2) is 8.42 Å². The Bertz CT molecular complexity index is 1270. The Morgan fingerprint density at radius 3 is 2.27 bits per heavy atom. The van der Waals surface area contributed by atoms with E-state index in [1.165, 1.54) is 0 Å². The molecule has 0 aromatic heterocycles. The van der Waals surface area contributed by atoms with Gasteiger partial charge in [-0.1, -0.05) is 47.5 Å². The number of halogens is 2. The summed E-state index contributed by atoms with van der Waals surface area (Å²) in [5.74, 6) is -1.95. The number of carboxylic acid groups (broad SMARTS) is 1. The number of carbonyl (C=O) groups excluding carboxylic acids is 1. The molecule has 1 N–H and O–H groups in total. The van der Waals surface area contributed by atoms with E-state index in [9.17, 15) is 23.1 Å². The predicted molar refractivity (Wildman–Crippen MR) is 142 cm³/mol. The quantitative estimate of drug-likeness (QED) is 0.453. The summed E-state index contributed by atoms with van der Waals surface area (Å²) in [6, 6.07) is 12.6. The highest BCUT2D eigenvalue weighted by atomic mass is 35.5. The lowest BCUT2D eigenvalue weighted by Gasteiger charge is -2.48. The number of benzene rings is 2. The van der Waals surface area contributed by atoms with Crippen molar-refractivity contribution >= 4 is 44.9 Å². The first-order valence-corrected chi connectivity index (χ1v) is 14.6. The van der Waals surface area contributed by atoms with Gasteiger partial charge in [-0.3, -0.25) is 9.59 Å². The Balaban J connectivity index is 1.89. The first kappa shape index (κ1) is 27.9. The highest BCUT2D eigenvalue weighted by Gasteiger charge is 2.52. The first-order valence-electron chi connectivity index (χ1n) is 12.2. The Kier molecular flexibility index (Phi) is 7.96. The topological polar surface area (TPSA) is 101 Å². The van der Waals surface area contributed by atoms with Crippen molar-refractivity contribution in [2.24, 2.45) is 5.92 Å². The lowest BCUT2D eigenvalue weighted by Crippen LogP contribution is -2.58. The van der Waals surface area contributed by atoms with Gasteiger partial charge in [-0.15, -0.1) is 0 Å². The van der Waals surface area contributed by atoms with Crippen LogP contribution in [0.1, 0.15) is 63.3 Å². The Morgan fingerprint density at radius 1 is 1.08 bits per heavy atom. The van der Waals surface area contributed by atoms with E-state index >= 15 is 0 Å². The average Bonchev–Trinajstić information content (AvgIpc) is 3.64. The molecule has 1 aliphatic carbocycles. The highest BCUT2D eigenvalue weighted by molar-refractivity contribution is 7.92. The largest absolute Gasteiger partial charge is 0.481 e. The van der Waals surface area contributed by atoms with Gasteiger partial charge in [0.1, 0.15) is 12.2 Å². The molecule has 2 fully saturated rings. The van der Waals surface area contributed by atoms with Crippen LogP contribution in [-0.4, -0.2) is 52.9 Å². The Hall–Kier alpha value is -2.13. The lowest BCUT2D eigenvalue weighted by atomic mass is 9.89. The van der Waals surface area contributed by atoms with Gasteiger partial charge in [0.05, 0.1) is 23.0 Å². The molecule has 37 heavy (non-hydrogen) atoms. The molecule has 1 saturated carbocycles. The van der Waals surface area contributed by atoms with Crippen molar-refractivity contribution in [3.05, 3.63) is 69.7 Å². The summed E-state index contributed by atoms with van der Waals surface area (Å²) in [6.45, 7) is 4.93. The molecule has 7 nitrogen and oxygen atoms in total. The third kappa shape index (κ3) is 6.14. The molecule has 4 rings (SSSR count). The monoisotopic (exact) mass is 567 g/mol. The average molecular weight is 569 g/mol. The van der Waals surface area contributed by atoms with Crippen molar-refractivity contribution in [3.8, 4) is 0 Å². The fourth-order valence-electron chi connectivity index (χ4n) is 4.76. The second-order valence-electron chi connectivity index (χ2n) is 10.7. The van der Waals surface area contributed by atoms with Crippen molar-refractivity contribution in [2.75, 3.05) is 5.75 Å². The zero-order valence-corrected chi connectivity index (χ0v) is 23.3. The van der Waals surface area contributed by atoms with E-state index in [1.807, 2.05) is 6.07 Å². The van der Waals surface area contributed by atoms with Crippen molar-refractivity contribution in [3.63, 3.8) is 0 Å². The highest BCUT2D eigenvalue weighted by Crippen LogP contribution is 2.48. The summed E-state index contributed by atoms with van der Waals surface area (Å²) in [7, 11) is -3.61. The minimum absolute atomic E-state index is 0.0144. The van der Waals surface area contributed by atoms with Crippen LogP contribution < -0.4 is 0 Å². The van der Waals surface area contributed by atoms with Crippen molar-refractivity contribution in [2.45, 2.75) is 69.1 Å². The molecule has 1 amide bonds. The van der Waals surface area contributed by atoms with Gasteiger partial charge in [0.2, 0.25) is 0 Å². The molecule has 0 radical (unpaired) electrons. The number of rotatable bonds is 8. The molecule has 2 aliphatic rings. The van der Waals surface area contributed by atoms with Crippen LogP contribution in [0.5, 0.6) is 0 Å². The van der Waals surface area contributed by atoms with E-state index in [2.05, 4.69) is 0 Å². The maximum Gasteiger partial charge on any atom is 0.306 e. The van der Waals surface area contributed by atoms with Crippen molar-refractivity contribution in [1.82, 2.24) is 4.90 Å². The summed E-state index contributed by atoms with van der Waals surface area (Å²) in [4.78, 5) is 27.2. The second kappa shape index (κ2) is 10.6. The molecule has 0 bridgehead atoms. The van der Waals surface area contributed by atoms with Crippen LogP contribution in [0.2, 0.25) is 10.0 Å². The third-order valence-electron chi connectivity index (χ3n) is 7.02. The smallest absolute Gasteiger partial charge is 0.306 e. The fraction of sp³-hybridized carbons (Fsp3) is 0.481. The predicted octanol–water partition coefficient (Wildman–Crippen LogP) is 5.47. The first-order chi connectivity index (χ1) is 17.3. The van der Waals surface area contributed by atoms with E-state index in [0.717, 1.165) is 12.8 Å². The zero-order chi connectivity index (χ0) is 27.1. The molecule has 10 heteroatoms. The van der Waals surface area contributed by atoms with Gasteiger partial charge in [-0.05, 0) is 74.9 Å². The lowest BCUT2D eigenvalue weighted by molar-refractivity contribution is -0.183. The normalized spacial score (nSPS) is 23.6. The number of carboxylic acids is 1. The third-order valence-corrected chi connectivity index (χ3v) is 10.2. The maximum atomic E-state index is 14.0. The molecule has 1 heterocycles. The molecular formula is C27H31Cl2NO6S. The molecule has 4 atom stereocenters. The van der Waals surface area contributed by atoms with Gasteiger partial charge in [0, 0.05) is 16.1 Å². The van der Waals surface area contributed by atoms with E-state index in [1.54, 1.807) is 68.1 Å². The zero-order valence-electron chi connectivity index (χ0n) is 20.9. The number of ether oxygens (including phenoxy) is 1. The summed E-state index contributed by atoms with van der Waals surface area (Å²) in [5.41, 5.74) is 1.36. The van der Waals surface area contributed by atoms with Crippen LogP contribution >= 0.6 is 23.2 Å². The Morgan fingerprint density at radius 2 is 1.73 bits per heavy atom. The van der Waals surface area contributed by atoms with Crippen LogP contribution in [0.3, 0.4) is 0 Å². The summed E-state index contributed by atoms with van der Waals surface area (Å²) in [6.07, 6.45) is -1.02. The summed E-state index contributed by atoms with van der Waals surface area (Å²) >= 11 is 12.5. The van der Waals surface area contributed by atoms with E-state index in [4.69, 9.17) is 27.9 Å². The molecule has 200 valence electrons. The number of amides is 1. The van der Waals surface area contributed by atoms with Crippen LogP contribution in [-0.2, 0) is 24.2 Å². The molecule has 2 aromatic carbocycles. The van der Waals surface area contributed by atoms with Crippen LogP contribution in [0.4, 0.5) is 0 Å². The molecule has 2 aromatic rings. The number of aliphatic carboxylic acids is 1. The summed E-state index contributed by atoms with van der Waals surface area (Å²) < 4.78 is 32.0. The number of hydrogen-bond acceptors (Lipinski definition) is 5. The second-order valence-corrected chi connectivity index (χ2v) is 14.4. The standard InChI is InChI=1S/C27H31Cl2NO6S/c1-27(2,3)37(34,35)15-21(16-7-8-16)30-24(17-9-11-19(28)12-10-17)25(18-5-4-6-20(29)13-18)36-22(26(30)33)14-23(31)32/h4-6,9-13,16,21-22,24-25H,7-8,14-15H2,1-3H3,(H,31,32)/t21?,22-,24?,25-/m1/s1. The van der Waals surface area contributed by atoms with Crippen LogP contribution in [0.25, 0.3) is 0 Å². The number of morpholine rings is 1. The van der Waals surface area contributed by atoms with E-state index < -0.39 is 57.2 Å². The van der Waals surface area contributed by atoms with Crippen LogP contribution in [0, 0.1) is 5.92 Å². The van der Waals surface area contributed by atoms with Crippen molar-refractivity contribution < 1.29 is 27.9 Å². The molecule has 1 saturated heterocycles. The number of sulfone groups is 1.